The van der Waals surface area contributed by atoms with E-state index in [-0.39, 0.29) is 25.9 Å². The quantitative estimate of drug-likeness (QED) is 0.0197. The third kappa shape index (κ3) is 57.1. The lowest BCUT2D eigenvalue weighted by Gasteiger charge is -2.21. The number of carbonyl (C=O) groups is 3. The normalized spacial score (nSPS) is 14.0. The molecule has 0 saturated heterocycles. The maximum absolute atomic E-state index is 12.9. The van der Waals surface area contributed by atoms with E-state index in [9.17, 15) is 28.9 Å². The van der Waals surface area contributed by atoms with E-state index in [4.69, 9.17) is 23.3 Å². The Balaban J connectivity index is 4.78. The second-order valence-corrected chi connectivity index (χ2v) is 21.9. The van der Waals surface area contributed by atoms with E-state index in [2.05, 4.69) is 112 Å². The van der Waals surface area contributed by atoms with Gasteiger partial charge in [0.05, 0.1) is 19.8 Å². The maximum Gasteiger partial charge on any atom is 0.472 e. The van der Waals surface area contributed by atoms with Crippen LogP contribution in [0.3, 0.4) is 0 Å². The monoisotopic (exact) mass is 1110 g/mol. The number of unbranched alkanes of at least 4 members (excludes halogenated alkanes) is 24. The van der Waals surface area contributed by atoms with Crippen molar-refractivity contribution in [2.24, 2.45) is 0 Å². The highest BCUT2D eigenvalue weighted by Crippen LogP contribution is 2.43. The van der Waals surface area contributed by atoms with Gasteiger partial charge in [0.2, 0.25) is 0 Å². The molecule has 0 aromatic carbocycles. The second kappa shape index (κ2) is 59.5. The van der Waals surface area contributed by atoms with Crippen molar-refractivity contribution < 1.29 is 52.2 Å². The molecule has 0 bridgehead atoms. The number of carbonyl (C=O) groups excluding carboxylic acids is 3. The summed E-state index contributed by atoms with van der Waals surface area (Å²) in [6.45, 7) is 4.37. The van der Waals surface area contributed by atoms with Crippen LogP contribution in [0.2, 0.25) is 0 Å². The zero-order chi connectivity index (χ0) is 56.9. The Hall–Kier alpha value is -3.60. The Morgan fingerprint density at radius 2 is 0.679 bits per heavy atom. The fraction of sp³-hybridized carbons (Fsp3) is 0.712. The Bertz CT molecular complexity index is 1680. The lowest BCUT2D eigenvalue weighted by atomic mass is 10.0. The molecule has 0 aromatic rings. The van der Waals surface area contributed by atoms with Gasteiger partial charge in [-0.2, -0.15) is 0 Å². The van der Waals surface area contributed by atoms with Crippen LogP contribution < -0.4 is 0 Å². The molecular formula is C66H113O11P. The van der Waals surface area contributed by atoms with Gasteiger partial charge in [-0.05, 0) is 89.9 Å². The van der Waals surface area contributed by atoms with Crippen LogP contribution >= 0.6 is 7.82 Å². The highest BCUT2D eigenvalue weighted by molar-refractivity contribution is 7.47. The Morgan fingerprint density at radius 1 is 0.372 bits per heavy atom. The van der Waals surface area contributed by atoms with Crippen molar-refractivity contribution in [3.63, 3.8) is 0 Å². The van der Waals surface area contributed by atoms with Crippen LogP contribution in [0.1, 0.15) is 265 Å². The van der Waals surface area contributed by atoms with Gasteiger partial charge in [0.25, 0.3) is 0 Å². The molecule has 0 radical (unpaired) electrons. The first-order valence-electron chi connectivity index (χ1n) is 31.1. The van der Waals surface area contributed by atoms with Crippen molar-refractivity contribution in [3.05, 3.63) is 97.2 Å². The van der Waals surface area contributed by atoms with Crippen LogP contribution in [-0.4, -0.2) is 66.5 Å². The zero-order valence-electron chi connectivity index (χ0n) is 49.6. The van der Waals surface area contributed by atoms with Gasteiger partial charge in [-0.15, -0.1) is 0 Å². The smallest absolute Gasteiger partial charge is 0.462 e. The molecule has 78 heavy (non-hydrogen) atoms. The number of allylic oxidation sites excluding steroid dienone is 16. The number of hydrogen-bond donors (Lipinski definition) is 2. The Labute approximate surface area is 476 Å². The SMILES string of the molecule is CC/C=C\C/C=C\C/C=C\C/C=C\C/C=C\CCCC(=O)OCC(COP(=O)(O)OCC(CO)OC(=O)CCCCCCC/C=C\C/C=C\C/C=C\CC)OC(=O)CCCCCCCCCCCCCCCCCCCCC. The first-order chi connectivity index (χ1) is 38.2. The zero-order valence-corrected chi connectivity index (χ0v) is 50.5. The molecule has 0 amide bonds. The van der Waals surface area contributed by atoms with E-state index in [1.807, 2.05) is 6.08 Å². The highest BCUT2D eigenvalue weighted by atomic mass is 31.2. The number of esters is 3. The van der Waals surface area contributed by atoms with Crippen LogP contribution in [0.5, 0.6) is 0 Å². The summed E-state index contributed by atoms with van der Waals surface area (Å²) in [4.78, 5) is 48.7. The molecule has 0 rings (SSSR count). The van der Waals surface area contributed by atoms with E-state index in [1.54, 1.807) is 0 Å². The predicted molar refractivity (Wildman–Crippen MR) is 325 cm³/mol. The number of hydrogen-bond acceptors (Lipinski definition) is 10. The highest BCUT2D eigenvalue weighted by Gasteiger charge is 2.28. The minimum Gasteiger partial charge on any atom is -0.462 e. The van der Waals surface area contributed by atoms with Gasteiger partial charge in [-0.3, -0.25) is 23.4 Å². The van der Waals surface area contributed by atoms with Crippen LogP contribution in [-0.2, 0) is 42.2 Å². The number of rotatable bonds is 57. The van der Waals surface area contributed by atoms with Crippen LogP contribution in [0, 0.1) is 0 Å². The van der Waals surface area contributed by atoms with Gasteiger partial charge in [0.15, 0.2) is 6.10 Å². The minimum absolute atomic E-state index is 0.145. The van der Waals surface area contributed by atoms with E-state index in [0.717, 1.165) is 103 Å². The second-order valence-electron chi connectivity index (χ2n) is 20.5. The molecular weight excluding hydrogens is 1000 g/mol. The molecule has 3 unspecified atom stereocenters. The van der Waals surface area contributed by atoms with E-state index in [0.29, 0.717) is 25.7 Å². The van der Waals surface area contributed by atoms with Crippen molar-refractivity contribution in [3.8, 4) is 0 Å². The van der Waals surface area contributed by atoms with Crippen molar-refractivity contribution >= 4 is 25.7 Å². The summed E-state index contributed by atoms with van der Waals surface area (Å²) in [6, 6.07) is 0. The number of ether oxygens (including phenoxy) is 3. The molecule has 0 aliphatic heterocycles. The van der Waals surface area contributed by atoms with E-state index >= 15 is 0 Å². The van der Waals surface area contributed by atoms with Crippen LogP contribution in [0.15, 0.2) is 97.2 Å². The van der Waals surface area contributed by atoms with Crippen LogP contribution in [0.4, 0.5) is 0 Å². The molecule has 11 nitrogen and oxygen atoms in total. The number of phosphoric ester groups is 1. The molecule has 0 aliphatic rings. The minimum atomic E-state index is -4.77. The predicted octanol–water partition coefficient (Wildman–Crippen LogP) is 18.8. The molecule has 0 heterocycles. The summed E-state index contributed by atoms with van der Waals surface area (Å²) >= 11 is 0. The van der Waals surface area contributed by atoms with E-state index in [1.165, 1.54) is 96.3 Å². The summed E-state index contributed by atoms with van der Waals surface area (Å²) in [5.74, 6) is -1.55. The molecule has 0 saturated carbocycles. The summed E-state index contributed by atoms with van der Waals surface area (Å²) in [6.07, 6.45) is 70.9. The molecule has 0 aliphatic carbocycles. The standard InChI is InChI=1S/C66H113O11P/c1-4-7-10-13-16-19-22-25-28-30-31-33-36-39-42-45-48-51-54-57-66(70)77-63(59-73-64(68)55-52-49-46-43-40-37-35-32-29-26-23-20-17-14-11-8-5-2)61-75-78(71,72)74-60-62(58-67)76-65(69)56-53-50-47-44-41-38-34-27-24-21-18-15-12-9-6-3/h8-9,11-12,17-18,20-21,26-27,29,34-35,37,43,46,62-63,67H,4-7,10,13-16,19,22-25,28,30-33,36,38-42,44-45,47-61H2,1-3H3,(H,71,72)/b11-8-,12-9-,20-17-,21-18-,29-26-,34-27-,37-35-,46-43-. The molecule has 2 N–H and O–H groups in total. The lowest BCUT2D eigenvalue weighted by molar-refractivity contribution is -0.161. The molecule has 0 aromatic heterocycles. The first kappa shape index (κ1) is 74.4. The Morgan fingerprint density at radius 3 is 1.06 bits per heavy atom. The average Bonchev–Trinajstić information content (AvgIpc) is 3.43. The molecule has 3 atom stereocenters. The van der Waals surface area contributed by atoms with Gasteiger partial charge in [0.1, 0.15) is 12.7 Å². The lowest BCUT2D eigenvalue weighted by Crippen LogP contribution is -2.30. The van der Waals surface area contributed by atoms with Crippen molar-refractivity contribution in [1.29, 1.82) is 0 Å². The molecule has 0 spiro atoms. The Kier molecular flexibility index (Phi) is 56.8. The van der Waals surface area contributed by atoms with Gasteiger partial charge in [-0.25, -0.2) is 4.57 Å². The number of aliphatic hydroxyl groups excluding tert-OH is 1. The topological polar surface area (TPSA) is 155 Å². The van der Waals surface area contributed by atoms with Crippen molar-refractivity contribution in [1.82, 2.24) is 0 Å². The number of aliphatic hydroxyl groups is 1. The fourth-order valence-electron chi connectivity index (χ4n) is 8.35. The third-order valence-electron chi connectivity index (χ3n) is 13.0. The maximum atomic E-state index is 12.9. The molecule has 12 heteroatoms. The van der Waals surface area contributed by atoms with Gasteiger partial charge in [-0.1, -0.05) is 253 Å². The van der Waals surface area contributed by atoms with E-state index < -0.39 is 57.8 Å². The van der Waals surface area contributed by atoms with Crippen molar-refractivity contribution in [2.75, 3.05) is 26.4 Å². The first-order valence-corrected chi connectivity index (χ1v) is 32.6. The molecule has 448 valence electrons. The van der Waals surface area contributed by atoms with Crippen molar-refractivity contribution in [2.45, 2.75) is 277 Å². The summed E-state index contributed by atoms with van der Waals surface area (Å²) < 4.78 is 39.6. The van der Waals surface area contributed by atoms with Gasteiger partial charge < -0.3 is 24.2 Å². The average molecular weight is 1110 g/mol. The largest absolute Gasteiger partial charge is 0.472 e. The summed E-state index contributed by atoms with van der Waals surface area (Å²) in [5, 5.41) is 9.83. The van der Waals surface area contributed by atoms with Gasteiger partial charge in [0, 0.05) is 19.3 Å². The van der Waals surface area contributed by atoms with Gasteiger partial charge >= 0.3 is 25.7 Å². The fourth-order valence-corrected chi connectivity index (χ4v) is 9.13. The van der Waals surface area contributed by atoms with Crippen LogP contribution in [0.25, 0.3) is 0 Å². The summed E-state index contributed by atoms with van der Waals surface area (Å²) in [5.41, 5.74) is 0. The summed E-state index contributed by atoms with van der Waals surface area (Å²) in [7, 11) is -4.77. The number of phosphoric acid groups is 1. The molecule has 0 fully saturated rings. The third-order valence-corrected chi connectivity index (χ3v) is 14.0.